The Morgan fingerprint density at radius 3 is 2.62 bits per heavy atom. The van der Waals surface area contributed by atoms with E-state index in [4.69, 9.17) is 0 Å². The largest absolute Gasteiger partial charge is 0.342 e. The summed E-state index contributed by atoms with van der Waals surface area (Å²) in [6, 6.07) is 9.85. The number of nitrogens with zero attached hydrogens (tertiary/aromatic N) is 2. The summed E-state index contributed by atoms with van der Waals surface area (Å²) >= 11 is 0. The first-order valence-corrected chi connectivity index (χ1v) is 8.22. The van der Waals surface area contributed by atoms with Crippen molar-refractivity contribution in [1.82, 2.24) is 9.47 Å². The van der Waals surface area contributed by atoms with Gasteiger partial charge in [0.15, 0.2) is 0 Å². The van der Waals surface area contributed by atoms with Gasteiger partial charge < -0.3 is 9.47 Å². The molecule has 0 N–H and O–H groups in total. The van der Waals surface area contributed by atoms with Gasteiger partial charge >= 0.3 is 0 Å². The highest BCUT2D eigenvalue weighted by Gasteiger charge is 2.24. The number of piperidine rings is 1. The van der Waals surface area contributed by atoms with Crippen LogP contribution in [0, 0.1) is 5.82 Å². The summed E-state index contributed by atoms with van der Waals surface area (Å²) in [5.74, 6) is 0.0322. The zero-order valence-electron chi connectivity index (χ0n) is 13.7. The molecule has 0 bridgehead atoms. The molecule has 1 aliphatic heterocycles. The number of likely N-dealkylation sites (tertiary alicyclic amines) is 1. The maximum Gasteiger partial charge on any atom is 0.250 e. The summed E-state index contributed by atoms with van der Waals surface area (Å²) in [5.41, 5.74) is 1.75. The Balaban J connectivity index is 1.59. The molecule has 0 saturated carbocycles. The molecule has 1 aliphatic rings. The van der Waals surface area contributed by atoms with Gasteiger partial charge in [-0.1, -0.05) is 12.1 Å². The summed E-state index contributed by atoms with van der Waals surface area (Å²) in [6.07, 6.45) is 3.72. The predicted molar refractivity (Wildman–Crippen MR) is 90.3 cm³/mol. The lowest BCUT2D eigenvalue weighted by atomic mass is 9.90. The highest BCUT2D eigenvalue weighted by Crippen LogP contribution is 2.27. The quantitative estimate of drug-likeness (QED) is 0.869. The second kappa shape index (κ2) is 6.99. The number of hydrogen-bond donors (Lipinski definition) is 0. The Labute approximate surface area is 140 Å². The van der Waals surface area contributed by atoms with Crippen molar-refractivity contribution in [1.29, 1.82) is 0 Å². The van der Waals surface area contributed by atoms with E-state index < -0.39 is 0 Å². The highest BCUT2D eigenvalue weighted by atomic mass is 19.1. The molecule has 2 aromatic rings. The van der Waals surface area contributed by atoms with Crippen LogP contribution in [0.25, 0.3) is 0 Å². The number of benzene rings is 1. The van der Waals surface area contributed by atoms with Crippen molar-refractivity contribution in [3.8, 4) is 0 Å². The van der Waals surface area contributed by atoms with Crippen LogP contribution in [-0.2, 0) is 18.3 Å². The highest BCUT2D eigenvalue weighted by molar-refractivity contribution is 5.78. The van der Waals surface area contributed by atoms with E-state index in [-0.39, 0.29) is 23.7 Å². The third-order valence-corrected chi connectivity index (χ3v) is 4.69. The summed E-state index contributed by atoms with van der Waals surface area (Å²) in [6.45, 7) is 1.35. The number of amides is 1. The van der Waals surface area contributed by atoms with Crippen molar-refractivity contribution in [2.45, 2.75) is 25.2 Å². The molecule has 1 amide bonds. The van der Waals surface area contributed by atoms with Gasteiger partial charge in [-0.25, -0.2) is 4.39 Å². The molecule has 0 spiro atoms. The molecule has 1 aromatic heterocycles. The van der Waals surface area contributed by atoms with Crippen molar-refractivity contribution in [3.63, 3.8) is 0 Å². The zero-order valence-corrected chi connectivity index (χ0v) is 13.7. The first kappa shape index (κ1) is 16.4. The Bertz CT molecular complexity index is 792. The summed E-state index contributed by atoms with van der Waals surface area (Å²) in [7, 11) is 1.74. The second-order valence-electron chi connectivity index (χ2n) is 6.37. The summed E-state index contributed by atoms with van der Waals surface area (Å²) in [4.78, 5) is 26.0. The molecule has 2 heterocycles. The molecule has 1 aromatic carbocycles. The maximum atomic E-state index is 13.2. The molecule has 24 heavy (non-hydrogen) atoms. The van der Waals surface area contributed by atoms with Crippen LogP contribution in [0.5, 0.6) is 0 Å². The minimum absolute atomic E-state index is 0.00268. The Morgan fingerprint density at radius 1 is 1.21 bits per heavy atom. The fourth-order valence-corrected chi connectivity index (χ4v) is 3.21. The van der Waals surface area contributed by atoms with Crippen LogP contribution in [0.3, 0.4) is 0 Å². The van der Waals surface area contributed by atoms with Gasteiger partial charge in [0.25, 0.3) is 5.56 Å². The van der Waals surface area contributed by atoms with Crippen LogP contribution in [0.2, 0.25) is 0 Å². The minimum atomic E-state index is -0.315. The lowest BCUT2D eigenvalue weighted by molar-refractivity contribution is -0.131. The van der Waals surface area contributed by atoms with Crippen LogP contribution in [0.15, 0.2) is 47.4 Å². The molecule has 0 atom stereocenters. The van der Waals surface area contributed by atoms with Crippen LogP contribution in [-0.4, -0.2) is 28.5 Å². The molecule has 4 nitrogen and oxygen atoms in total. The van der Waals surface area contributed by atoms with Gasteiger partial charge in [-0.2, -0.15) is 0 Å². The van der Waals surface area contributed by atoms with E-state index in [1.807, 2.05) is 11.0 Å². The topological polar surface area (TPSA) is 42.3 Å². The number of pyridine rings is 1. The van der Waals surface area contributed by atoms with Crippen molar-refractivity contribution < 1.29 is 9.18 Å². The van der Waals surface area contributed by atoms with Gasteiger partial charge in [0, 0.05) is 32.4 Å². The second-order valence-corrected chi connectivity index (χ2v) is 6.37. The number of aryl methyl sites for hydroxylation is 1. The fraction of sp³-hybridized carbons (Fsp3) is 0.368. The molecular formula is C19H21FN2O2. The normalized spacial score (nSPS) is 15.5. The lowest BCUT2D eigenvalue weighted by Crippen LogP contribution is -2.39. The average molecular weight is 328 g/mol. The van der Waals surface area contributed by atoms with E-state index in [0.717, 1.165) is 18.4 Å². The van der Waals surface area contributed by atoms with Crippen LogP contribution in [0.1, 0.15) is 29.9 Å². The molecule has 126 valence electrons. The number of rotatable bonds is 3. The molecule has 1 saturated heterocycles. The van der Waals surface area contributed by atoms with E-state index in [1.165, 1.54) is 12.1 Å². The third kappa shape index (κ3) is 3.72. The van der Waals surface area contributed by atoms with Gasteiger partial charge in [0.1, 0.15) is 5.82 Å². The summed E-state index contributed by atoms with van der Waals surface area (Å²) < 4.78 is 14.8. The molecule has 0 aliphatic carbocycles. The Hall–Kier alpha value is -2.43. The smallest absolute Gasteiger partial charge is 0.250 e. The van der Waals surface area contributed by atoms with Crippen LogP contribution in [0.4, 0.5) is 4.39 Å². The zero-order chi connectivity index (χ0) is 17.1. The lowest BCUT2D eigenvalue weighted by Gasteiger charge is -2.32. The monoisotopic (exact) mass is 328 g/mol. The minimum Gasteiger partial charge on any atom is -0.342 e. The van der Waals surface area contributed by atoms with Gasteiger partial charge in [-0.05, 0) is 48.1 Å². The Morgan fingerprint density at radius 2 is 1.96 bits per heavy atom. The third-order valence-electron chi connectivity index (χ3n) is 4.69. The van der Waals surface area contributed by atoms with Gasteiger partial charge in [0.05, 0.1) is 6.42 Å². The van der Waals surface area contributed by atoms with Crippen molar-refractivity contribution >= 4 is 5.91 Å². The SMILES string of the molecule is Cn1ccc(C2CCN(C(=O)Cc3cccc(F)c3)CC2)cc1=O. The first-order chi connectivity index (χ1) is 11.5. The van der Waals surface area contributed by atoms with E-state index in [2.05, 4.69) is 0 Å². The Kier molecular flexibility index (Phi) is 4.79. The number of carbonyl (C=O) groups is 1. The fourth-order valence-electron chi connectivity index (χ4n) is 3.21. The number of aromatic nitrogens is 1. The van der Waals surface area contributed by atoms with Gasteiger partial charge in [-0.3, -0.25) is 9.59 Å². The van der Waals surface area contributed by atoms with Crippen LogP contribution < -0.4 is 5.56 Å². The number of hydrogen-bond acceptors (Lipinski definition) is 2. The van der Waals surface area contributed by atoms with Crippen molar-refractivity contribution in [3.05, 3.63) is 69.9 Å². The molecule has 0 unspecified atom stereocenters. The van der Waals surface area contributed by atoms with Crippen molar-refractivity contribution in [2.75, 3.05) is 13.1 Å². The summed E-state index contributed by atoms with van der Waals surface area (Å²) in [5, 5.41) is 0. The standard InChI is InChI=1S/C19H21FN2O2/c1-21-8-5-16(13-18(21)23)15-6-9-22(10-7-15)19(24)12-14-3-2-4-17(20)11-14/h2-5,8,11,13,15H,6-7,9-10,12H2,1H3. The van der Waals surface area contributed by atoms with E-state index in [9.17, 15) is 14.0 Å². The molecule has 5 heteroatoms. The molecule has 1 fully saturated rings. The van der Waals surface area contributed by atoms with E-state index in [0.29, 0.717) is 24.6 Å². The maximum absolute atomic E-state index is 13.2. The molecular weight excluding hydrogens is 307 g/mol. The van der Waals surface area contributed by atoms with E-state index >= 15 is 0 Å². The molecule has 3 rings (SSSR count). The first-order valence-electron chi connectivity index (χ1n) is 8.22. The van der Waals surface area contributed by atoms with Crippen LogP contribution >= 0.6 is 0 Å². The average Bonchev–Trinajstić information content (AvgIpc) is 2.57. The number of carbonyl (C=O) groups excluding carboxylic acids is 1. The number of halogens is 1. The van der Waals surface area contributed by atoms with Gasteiger partial charge in [0.2, 0.25) is 5.91 Å². The van der Waals surface area contributed by atoms with Crippen molar-refractivity contribution in [2.24, 2.45) is 7.05 Å². The van der Waals surface area contributed by atoms with Gasteiger partial charge in [-0.15, -0.1) is 0 Å². The predicted octanol–water partition coefficient (Wildman–Crippen LogP) is 2.47. The molecule has 0 radical (unpaired) electrons. The van der Waals surface area contributed by atoms with E-state index in [1.54, 1.807) is 36.0 Å².